The van der Waals surface area contributed by atoms with Gasteiger partial charge in [-0.3, -0.25) is 4.40 Å². The molecule has 3 aromatic heterocycles. The van der Waals surface area contributed by atoms with Crippen LogP contribution in [0.5, 0.6) is 0 Å². The van der Waals surface area contributed by atoms with Gasteiger partial charge in [0.2, 0.25) is 5.65 Å². The minimum absolute atomic E-state index is 0.753. The number of hydrogen-bond donors (Lipinski definition) is 0. The Labute approximate surface area is 171 Å². The first-order valence-electron chi connectivity index (χ1n) is 9.47. The van der Waals surface area contributed by atoms with Crippen LogP contribution in [0.3, 0.4) is 0 Å². The first-order valence-corrected chi connectivity index (χ1v) is 10.7. The fourth-order valence-electron chi connectivity index (χ4n) is 3.67. The van der Waals surface area contributed by atoms with Gasteiger partial charge in [0.25, 0.3) is 0 Å². The summed E-state index contributed by atoms with van der Waals surface area (Å²) in [5, 5.41) is 10.5. The van der Waals surface area contributed by atoms with E-state index in [9.17, 15) is 0 Å². The van der Waals surface area contributed by atoms with E-state index in [-0.39, 0.29) is 0 Å². The van der Waals surface area contributed by atoms with E-state index in [0.717, 1.165) is 76.7 Å². The van der Waals surface area contributed by atoms with Crippen molar-refractivity contribution in [1.29, 1.82) is 0 Å². The van der Waals surface area contributed by atoms with Gasteiger partial charge in [0.1, 0.15) is 5.82 Å². The normalized spacial score (nSPS) is 15.5. The molecule has 9 heteroatoms. The smallest absolute Gasteiger partial charge is 0.203 e. The van der Waals surface area contributed by atoms with E-state index in [4.69, 9.17) is 16.6 Å². The zero-order valence-corrected chi connectivity index (χ0v) is 17.1. The Morgan fingerprint density at radius 1 is 1.11 bits per heavy atom. The molecule has 0 saturated carbocycles. The third-order valence-electron chi connectivity index (χ3n) is 5.10. The molecule has 7 nitrogen and oxygen atoms in total. The zero-order chi connectivity index (χ0) is 19.1. The predicted octanol–water partition coefficient (Wildman–Crippen LogP) is 3.67. The second kappa shape index (κ2) is 7.18. The predicted molar refractivity (Wildman–Crippen MR) is 114 cm³/mol. The molecule has 0 aliphatic carbocycles. The summed E-state index contributed by atoms with van der Waals surface area (Å²) in [5.74, 6) is 1.87. The Bertz CT molecular complexity index is 1140. The van der Waals surface area contributed by atoms with Crippen LogP contribution >= 0.6 is 22.9 Å². The molecule has 144 valence electrons. The Morgan fingerprint density at radius 3 is 2.86 bits per heavy atom. The first-order chi connectivity index (χ1) is 13.7. The molecule has 1 aliphatic rings. The average molecular weight is 414 g/mol. The molecular formula is C19H20ClN7S. The van der Waals surface area contributed by atoms with Gasteiger partial charge in [0, 0.05) is 50.0 Å². The van der Waals surface area contributed by atoms with Crippen LogP contribution in [-0.4, -0.2) is 50.7 Å². The lowest BCUT2D eigenvalue weighted by molar-refractivity contribution is 0.795. The van der Waals surface area contributed by atoms with Crippen molar-refractivity contribution in [2.24, 2.45) is 0 Å². The van der Waals surface area contributed by atoms with Gasteiger partial charge in [0.05, 0.1) is 10.2 Å². The molecule has 5 rings (SSSR count). The minimum Gasteiger partial charge on any atom is -0.352 e. The molecule has 1 aromatic carbocycles. The van der Waals surface area contributed by atoms with Crippen molar-refractivity contribution in [2.45, 2.75) is 19.8 Å². The van der Waals surface area contributed by atoms with Gasteiger partial charge in [-0.2, -0.15) is 0 Å². The van der Waals surface area contributed by atoms with E-state index < -0.39 is 0 Å². The Kier molecular flexibility index (Phi) is 4.52. The molecular weight excluding hydrogens is 394 g/mol. The van der Waals surface area contributed by atoms with Gasteiger partial charge in [-0.1, -0.05) is 29.9 Å². The highest BCUT2D eigenvalue weighted by Crippen LogP contribution is 2.31. The van der Waals surface area contributed by atoms with Gasteiger partial charge < -0.3 is 9.80 Å². The topological polar surface area (TPSA) is 62.5 Å². The first kappa shape index (κ1) is 17.6. The Morgan fingerprint density at radius 2 is 1.96 bits per heavy atom. The molecule has 1 aliphatic heterocycles. The van der Waals surface area contributed by atoms with E-state index in [1.165, 1.54) is 0 Å². The van der Waals surface area contributed by atoms with Crippen molar-refractivity contribution >= 4 is 49.8 Å². The number of hydrogen-bond acceptors (Lipinski definition) is 7. The number of thiazole rings is 1. The molecule has 0 bridgehead atoms. The molecule has 28 heavy (non-hydrogen) atoms. The number of aromatic nitrogens is 5. The van der Waals surface area contributed by atoms with E-state index in [1.807, 2.05) is 35.0 Å². The van der Waals surface area contributed by atoms with Crippen LogP contribution in [0.2, 0.25) is 5.02 Å². The molecule has 4 heterocycles. The van der Waals surface area contributed by atoms with Gasteiger partial charge in [-0.15, -0.1) is 10.2 Å². The lowest BCUT2D eigenvalue weighted by atomic mass is 10.3. The van der Waals surface area contributed by atoms with E-state index in [0.29, 0.717) is 0 Å². The van der Waals surface area contributed by atoms with Crippen LogP contribution in [0.1, 0.15) is 19.2 Å². The number of fused-ring (bicyclic) bond motifs is 2. The molecule has 0 unspecified atom stereocenters. The maximum atomic E-state index is 6.13. The maximum Gasteiger partial charge on any atom is 0.203 e. The standard InChI is InChI=1S/C19H20ClN7S/c1-2-16-23-24-18-17(21-6-9-27(16)18)25-7-3-8-26(11-10-25)19-22-14-5-4-13(20)12-15(14)28-19/h4-6,9,12H,2-3,7-8,10-11H2,1H3. The van der Waals surface area contributed by atoms with Crippen molar-refractivity contribution in [3.63, 3.8) is 0 Å². The SMILES string of the molecule is CCc1nnc2c(N3CCCN(c4nc5ccc(Cl)cc5s4)CC3)nccn12. The molecule has 1 fully saturated rings. The van der Waals surface area contributed by atoms with E-state index in [1.54, 1.807) is 11.3 Å². The largest absolute Gasteiger partial charge is 0.352 e. The van der Waals surface area contributed by atoms with E-state index >= 15 is 0 Å². The molecule has 0 amide bonds. The summed E-state index contributed by atoms with van der Waals surface area (Å²) in [6.45, 7) is 5.77. The lowest BCUT2D eigenvalue weighted by Crippen LogP contribution is -2.31. The number of halogens is 1. The fraction of sp³-hybridized carbons (Fsp3) is 0.368. The van der Waals surface area contributed by atoms with Gasteiger partial charge >= 0.3 is 0 Å². The molecule has 1 saturated heterocycles. The highest BCUT2D eigenvalue weighted by Gasteiger charge is 2.21. The van der Waals surface area contributed by atoms with Crippen LogP contribution in [0, 0.1) is 0 Å². The highest BCUT2D eigenvalue weighted by molar-refractivity contribution is 7.22. The summed E-state index contributed by atoms with van der Waals surface area (Å²) in [7, 11) is 0. The van der Waals surface area contributed by atoms with Gasteiger partial charge in [-0.05, 0) is 24.6 Å². The number of anilines is 2. The van der Waals surface area contributed by atoms with E-state index in [2.05, 4.69) is 31.9 Å². The van der Waals surface area contributed by atoms with Crippen LogP contribution in [0.15, 0.2) is 30.6 Å². The van der Waals surface area contributed by atoms with Crippen LogP contribution < -0.4 is 9.80 Å². The van der Waals surface area contributed by atoms with Crippen LogP contribution in [0.25, 0.3) is 15.9 Å². The molecule has 0 N–H and O–H groups in total. The van der Waals surface area contributed by atoms with Gasteiger partial charge in [0.15, 0.2) is 10.9 Å². The third kappa shape index (κ3) is 3.06. The third-order valence-corrected chi connectivity index (χ3v) is 6.41. The van der Waals surface area contributed by atoms with Crippen molar-refractivity contribution < 1.29 is 0 Å². The fourth-order valence-corrected chi connectivity index (χ4v) is 4.96. The zero-order valence-electron chi connectivity index (χ0n) is 15.5. The van der Waals surface area contributed by atoms with Crippen molar-refractivity contribution in [3.8, 4) is 0 Å². The molecule has 0 spiro atoms. The number of benzene rings is 1. The average Bonchev–Trinajstić information content (AvgIpc) is 3.24. The number of rotatable bonds is 3. The monoisotopic (exact) mass is 413 g/mol. The number of aryl methyl sites for hydroxylation is 1. The second-order valence-electron chi connectivity index (χ2n) is 6.85. The quantitative estimate of drug-likeness (QED) is 0.510. The second-order valence-corrected chi connectivity index (χ2v) is 8.30. The van der Waals surface area contributed by atoms with Crippen LogP contribution in [-0.2, 0) is 6.42 Å². The molecule has 4 aromatic rings. The van der Waals surface area contributed by atoms with Crippen molar-refractivity contribution in [1.82, 2.24) is 24.6 Å². The summed E-state index contributed by atoms with van der Waals surface area (Å²) < 4.78 is 3.17. The number of nitrogens with zero attached hydrogens (tertiary/aromatic N) is 7. The Balaban J connectivity index is 1.40. The lowest BCUT2D eigenvalue weighted by Gasteiger charge is -2.22. The van der Waals surface area contributed by atoms with Crippen LogP contribution in [0.4, 0.5) is 10.9 Å². The highest BCUT2D eigenvalue weighted by atomic mass is 35.5. The summed E-state index contributed by atoms with van der Waals surface area (Å²) in [6.07, 6.45) is 5.66. The maximum absolute atomic E-state index is 6.13. The van der Waals surface area contributed by atoms with Crippen molar-refractivity contribution in [3.05, 3.63) is 41.4 Å². The van der Waals surface area contributed by atoms with Crippen molar-refractivity contribution in [2.75, 3.05) is 36.0 Å². The summed E-state index contributed by atoms with van der Waals surface area (Å²) in [4.78, 5) is 14.1. The Hall–Kier alpha value is -2.45. The summed E-state index contributed by atoms with van der Waals surface area (Å²) >= 11 is 7.83. The summed E-state index contributed by atoms with van der Waals surface area (Å²) in [5.41, 5.74) is 1.84. The summed E-state index contributed by atoms with van der Waals surface area (Å²) in [6, 6.07) is 5.87. The molecule has 0 radical (unpaired) electrons. The minimum atomic E-state index is 0.753. The molecule has 0 atom stereocenters. The van der Waals surface area contributed by atoms with Gasteiger partial charge in [-0.25, -0.2) is 9.97 Å².